The van der Waals surface area contributed by atoms with E-state index in [-0.39, 0.29) is 17.9 Å². The van der Waals surface area contributed by atoms with Gasteiger partial charge in [-0.15, -0.1) is 0 Å². The van der Waals surface area contributed by atoms with Crippen LogP contribution in [0.15, 0.2) is 33.5 Å². The Bertz CT molecular complexity index is 954. The van der Waals surface area contributed by atoms with E-state index in [9.17, 15) is 18.0 Å². The van der Waals surface area contributed by atoms with Crippen molar-refractivity contribution in [3.05, 3.63) is 34.8 Å². The molecule has 2 aromatic rings. The first-order chi connectivity index (χ1) is 12.3. The van der Waals surface area contributed by atoms with Crippen molar-refractivity contribution in [1.29, 1.82) is 0 Å². The van der Waals surface area contributed by atoms with Crippen LogP contribution in [0.25, 0.3) is 11.1 Å². The van der Waals surface area contributed by atoms with Gasteiger partial charge in [-0.25, -0.2) is 17.5 Å². The number of carbonyl (C=O) groups is 1. The van der Waals surface area contributed by atoms with Gasteiger partial charge in [0.05, 0.1) is 11.8 Å². The molecule has 9 heteroatoms. The van der Waals surface area contributed by atoms with E-state index in [1.807, 2.05) is 13.0 Å². The van der Waals surface area contributed by atoms with Crippen molar-refractivity contribution in [2.24, 2.45) is 5.92 Å². The van der Waals surface area contributed by atoms with Crippen LogP contribution in [-0.4, -0.2) is 48.6 Å². The Balaban J connectivity index is 1.60. The summed E-state index contributed by atoms with van der Waals surface area (Å²) >= 11 is 0. The fraction of sp³-hybridized carbons (Fsp3) is 0.529. The quantitative estimate of drug-likeness (QED) is 0.824. The van der Waals surface area contributed by atoms with Gasteiger partial charge in [0.2, 0.25) is 15.9 Å². The molecule has 1 fully saturated rings. The first-order valence-electron chi connectivity index (χ1n) is 8.59. The van der Waals surface area contributed by atoms with Crippen LogP contribution in [-0.2, 0) is 21.4 Å². The van der Waals surface area contributed by atoms with Crippen molar-refractivity contribution < 1.29 is 17.6 Å². The summed E-state index contributed by atoms with van der Waals surface area (Å²) in [5, 5.41) is 2.93. The number of amides is 1. The third kappa shape index (κ3) is 3.99. The average molecular weight is 381 g/mol. The van der Waals surface area contributed by atoms with E-state index in [2.05, 4.69) is 5.32 Å². The maximum absolute atomic E-state index is 12.5. The number of fused-ring (bicyclic) bond motifs is 1. The molecule has 1 N–H and O–H groups in total. The van der Waals surface area contributed by atoms with E-state index in [0.29, 0.717) is 43.6 Å². The number of sulfonamides is 1. The molecule has 1 aromatic heterocycles. The third-order valence-electron chi connectivity index (χ3n) is 4.71. The number of hydrogen-bond acceptors (Lipinski definition) is 5. The predicted molar refractivity (Wildman–Crippen MR) is 97.2 cm³/mol. The molecule has 1 saturated heterocycles. The first-order valence-corrected chi connectivity index (χ1v) is 10.4. The Hall–Kier alpha value is -2.13. The van der Waals surface area contributed by atoms with Crippen LogP contribution < -0.4 is 11.1 Å². The van der Waals surface area contributed by atoms with Crippen molar-refractivity contribution in [2.45, 2.75) is 32.4 Å². The predicted octanol–water partition coefficient (Wildman–Crippen LogP) is 0.771. The number of nitrogens with zero attached hydrogens (tertiary/aromatic N) is 2. The molecule has 0 bridgehead atoms. The molecule has 3 rings (SSSR count). The molecule has 1 aliphatic heterocycles. The Morgan fingerprint density at radius 3 is 2.62 bits per heavy atom. The lowest BCUT2D eigenvalue weighted by Gasteiger charge is -2.30. The topological polar surface area (TPSA) is 102 Å². The summed E-state index contributed by atoms with van der Waals surface area (Å²) in [5.41, 5.74) is 1.21. The van der Waals surface area contributed by atoms with Gasteiger partial charge < -0.3 is 9.73 Å². The van der Waals surface area contributed by atoms with E-state index in [1.54, 1.807) is 18.2 Å². The molecule has 0 radical (unpaired) electrons. The number of hydrogen-bond donors (Lipinski definition) is 1. The van der Waals surface area contributed by atoms with Gasteiger partial charge in [-0.05, 0) is 31.9 Å². The highest BCUT2D eigenvalue weighted by atomic mass is 32.2. The van der Waals surface area contributed by atoms with Crippen LogP contribution in [0.5, 0.6) is 0 Å². The minimum Gasteiger partial charge on any atom is -0.408 e. The molecule has 8 nitrogen and oxygen atoms in total. The summed E-state index contributed by atoms with van der Waals surface area (Å²) in [5.74, 6) is -0.770. The second kappa shape index (κ2) is 7.24. The lowest BCUT2D eigenvalue weighted by Crippen LogP contribution is -2.45. The number of rotatable bonds is 5. The smallest absolute Gasteiger partial charge is 0.408 e. The van der Waals surface area contributed by atoms with Gasteiger partial charge in [-0.2, -0.15) is 0 Å². The monoisotopic (exact) mass is 381 g/mol. The highest BCUT2D eigenvalue weighted by Crippen LogP contribution is 2.19. The molecule has 1 atom stereocenters. The van der Waals surface area contributed by atoms with Crippen molar-refractivity contribution >= 4 is 27.0 Å². The number of benzene rings is 1. The highest BCUT2D eigenvalue weighted by Gasteiger charge is 2.29. The lowest BCUT2D eigenvalue weighted by atomic mass is 9.97. The van der Waals surface area contributed by atoms with Crippen molar-refractivity contribution in [2.75, 3.05) is 19.3 Å². The van der Waals surface area contributed by atoms with Crippen LogP contribution in [0.4, 0.5) is 0 Å². The molecule has 1 aliphatic rings. The maximum atomic E-state index is 12.5. The summed E-state index contributed by atoms with van der Waals surface area (Å²) in [6, 6.07) is 6.90. The summed E-state index contributed by atoms with van der Waals surface area (Å²) in [4.78, 5) is 24.5. The van der Waals surface area contributed by atoms with Crippen molar-refractivity contribution in [1.82, 2.24) is 14.2 Å². The van der Waals surface area contributed by atoms with E-state index >= 15 is 0 Å². The van der Waals surface area contributed by atoms with Crippen LogP contribution in [0.2, 0.25) is 0 Å². The average Bonchev–Trinajstić information content (AvgIpc) is 2.90. The summed E-state index contributed by atoms with van der Waals surface area (Å²) in [7, 11) is -3.20. The van der Waals surface area contributed by atoms with Crippen LogP contribution >= 0.6 is 0 Å². The van der Waals surface area contributed by atoms with Gasteiger partial charge in [0.25, 0.3) is 0 Å². The van der Waals surface area contributed by atoms with E-state index in [0.717, 1.165) is 0 Å². The molecular weight excluding hydrogens is 358 g/mol. The molecule has 0 saturated carbocycles. The Morgan fingerprint density at radius 2 is 1.96 bits per heavy atom. The lowest BCUT2D eigenvalue weighted by molar-refractivity contribution is -0.126. The second-order valence-corrected chi connectivity index (χ2v) is 8.77. The first kappa shape index (κ1) is 18.7. The van der Waals surface area contributed by atoms with Gasteiger partial charge in [0.15, 0.2) is 5.58 Å². The normalized spacial score (nSPS) is 18.1. The van der Waals surface area contributed by atoms with Crippen molar-refractivity contribution in [3.8, 4) is 0 Å². The number of nitrogens with one attached hydrogen (secondary N) is 1. The van der Waals surface area contributed by atoms with Crippen molar-refractivity contribution in [3.63, 3.8) is 0 Å². The standard InChI is InChI=1S/C17H23N3O5S/c1-12(11-20-14-5-3-4-6-15(14)25-17(20)22)18-16(21)13-7-9-19(10-8-13)26(2,23)24/h3-6,12-13H,7-11H2,1-2H3,(H,18,21)/t12-/m0/s1. The molecule has 0 aliphatic carbocycles. The molecular formula is C17H23N3O5S. The minimum absolute atomic E-state index is 0.105. The number of piperidine rings is 1. The van der Waals surface area contributed by atoms with E-state index in [4.69, 9.17) is 4.42 Å². The maximum Gasteiger partial charge on any atom is 0.420 e. The van der Waals surface area contributed by atoms with Gasteiger partial charge >= 0.3 is 5.76 Å². The SMILES string of the molecule is C[C@@H](Cn1c(=O)oc2ccccc21)NC(=O)C1CCN(S(C)(=O)=O)CC1. The zero-order chi connectivity index (χ0) is 18.9. The van der Waals surface area contributed by atoms with E-state index < -0.39 is 15.8 Å². The Kier molecular flexibility index (Phi) is 5.19. The number of carbonyl (C=O) groups excluding carboxylic acids is 1. The molecule has 2 heterocycles. The van der Waals surface area contributed by atoms with Gasteiger partial charge in [-0.3, -0.25) is 9.36 Å². The molecule has 1 amide bonds. The zero-order valence-corrected chi connectivity index (χ0v) is 15.7. The third-order valence-corrected chi connectivity index (χ3v) is 6.02. The number of oxazole rings is 1. The van der Waals surface area contributed by atoms with E-state index in [1.165, 1.54) is 15.1 Å². The molecule has 0 unspecified atom stereocenters. The van der Waals surface area contributed by atoms with Gasteiger partial charge in [0, 0.05) is 31.6 Å². The van der Waals surface area contributed by atoms with Crippen LogP contribution in [0.1, 0.15) is 19.8 Å². The van der Waals surface area contributed by atoms with Gasteiger partial charge in [0.1, 0.15) is 0 Å². The summed E-state index contributed by atoms with van der Waals surface area (Å²) < 4.78 is 31.2. The Labute approximate surface area is 151 Å². The van der Waals surface area contributed by atoms with Crippen LogP contribution in [0.3, 0.4) is 0 Å². The minimum atomic E-state index is -3.20. The fourth-order valence-corrected chi connectivity index (χ4v) is 4.19. The van der Waals surface area contributed by atoms with Crippen LogP contribution in [0, 0.1) is 5.92 Å². The molecule has 142 valence electrons. The fourth-order valence-electron chi connectivity index (χ4n) is 3.32. The highest BCUT2D eigenvalue weighted by molar-refractivity contribution is 7.88. The molecule has 1 aromatic carbocycles. The molecule has 26 heavy (non-hydrogen) atoms. The zero-order valence-electron chi connectivity index (χ0n) is 14.8. The number of para-hydroxylation sites is 2. The largest absolute Gasteiger partial charge is 0.420 e. The summed E-state index contributed by atoms with van der Waals surface area (Å²) in [6.07, 6.45) is 2.18. The molecule has 0 spiro atoms. The number of aromatic nitrogens is 1. The van der Waals surface area contributed by atoms with Gasteiger partial charge in [-0.1, -0.05) is 12.1 Å². The second-order valence-electron chi connectivity index (χ2n) is 6.79. The summed E-state index contributed by atoms with van der Waals surface area (Å²) in [6.45, 7) is 2.86. The Morgan fingerprint density at radius 1 is 1.31 bits per heavy atom.